The molecule has 2 heterocycles. The highest BCUT2D eigenvalue weighted by molar-refractivity contribution is 6.30. The monoisotopic (exact) mass is 245 g/mol. The van der Waals surface area contributed by atoms with Crippen LogP contribution in [0, 0.1) is 11.3 Å². The predicted octanol–water partition coefficient (Wildman–Crippen LogP) is 2.43. The highest BCUT2D eigenvalue weighted by atomic mass is 35.5. The molecule has 1 aromatic carbocycles. The lowest BCUT2D eigenvalue weighted by atomic mass is 10.2. The molecule has 1 aliphatic heterocycles. The Hall–Kier alpha value is -1.83. The van der Waals surface area contributed by atoms with Gasteiger partial charge in [0.05, 0.1) is 24.6 Å². The summed E-state index contributed by atoms with van der Waals surface area (Å²) in [6.07, 6.45) is 0. The Kier molecular flexibility index (Phi) is 2.36. The topological polar surface area (TPSA) is 50.8 Å². The first-order valence-electron chi connectivity index (χ1n) is 5.14. The normalized spacial score (nSPS) is 13.4. The highest BCUT2D eigenvalue weighted by Gasteiger charge is 2.23. The SMILES string of the molecule is N#Cc1nn(-c2cccc(Cl)c2)c2c1COC2. The summed E-state index contributed by atoms with van der Waals surface area (Å²) in [7, 11) is 0. The summed E-state index contributed by atoms with van der Waals surface area (Å²) < 4.78 is 7.07. The van der Waals surface area contributed by atoms with Crippen molar-refractivity contribution in [2.24, 2.45) is 0 Å². The van der Waals surface area contributed by atoms with Crippen molar-refractivity contribution in [1.29, 1.82) is 5.26 Å². The third-order valence-corrected chi connectivity index (χ3v) is 2.97. The zero-order chi connectivity index (χ0) is 11.8. The zero-order valence-electron chi connectivity index (χ0n) is 8.85. The number of nitriles is 1. The van der Waals surface area contributed by atoms with Crippen molar-refractivity contribution >= 4 is 11.6 Å². The fraction of sp³-hybridized carbons (Fsp3) is 0.167. The Morgan fingerprint density at radius 3 is 3.06 bits per heavy atom. The van der Waals surface area contributed by atoms with E-state index in [9.17, 15) is 0 Å². The number of hydrogen-bond donors (Lipinski definition) is 0. The van der Waals surface area contributed by atoms with Gasteiger partial charge in [-0.05, 0) is 18.2 Å². The maximum atomic E-state index is 9.01. The summed E-state index contributed by atoms with van der Waals surface area (Å²) in [4.78, 5) is 0. The van der Waals surface area contributed by atoms with Crippen LogP contribution in [-0.4, -0.2) is 9.78 Å². The second-order valence-corrected chi connectivity index (χ2v) is 4.21. The first kappa shape index (κ1) is 10.3. The second kappa shape index (κ2) is 3.88. The minimum atomic E-state index is 0.428. The maximum Gasteiger partial charge on any atom is 0.168 e. The molecule has 3 rings (SSSR count). The molecule has 1 aliphatic rings. The summed E-state index contributed by atoms with van der Waals surface area (Å²) in [6.45, 7) is 0.940. The van der Waals surface area contributed by atoms with Crippen LogP contribution < -0.4 is 0 Å². The first-order valence-corrected chi connectivity index (χ1v) is 5.52. The van der Waals surface area contributed by atoms with Gasteiger partial charge in [0.1, 0.15) is 6.07 Å². The lowest BCUT2D eigenvalue weighted by molar-refractivity contribution is 0.130. The van der Waals surface area contributed by atoms with Crippen LogP contribution in [-0.2, 0) is 18.0 Å². The fourth-order valence-corrected chi connectivity index (χ4v) is 2.13. The number of rotatable bonds is 1. The van der Waals surface area contributed by atoms with Crippen molar-refractivity contribution in [3.63, 3.8) is 0 Å². The lowest BCUT2D eigenvalue weighted by Crippen LogP contribution is -2.01. The average molecular weight is 246 g/mol. The molecule has 2 aromatic rings. The van der Waals surface area contributed by atoms with Gasteiger partial charge in [-0.3, -0.25) is 0 Å². The van der Waals surface area contributed by atoms with E-state index in [2.05, 4.69) is 11.2 Å². The molecule has 17 heavy (non-hydrogen) atoms. The Bertz CT molecular complexity index is 627. The van der Waals surface area contributed by atoms with Crippen LogP contribution >= 0.6 is 11.6 Å². The quantitative estimate of drug-likeness (QED) is 0.775. The van der Waals surface area contributed by atoms with Gasteiger partial charge in [-0.1, -0.05) is 17.7 Å². The number of hydrogen-bond acceptors (Lipinski definition) is 3. The van der Waals surface area contributed by atoms with Crippen LogP contribution in [0.2, 0.25) is 5.02 Å². The molecule has 0 atom stereocenters. The first-order chi connectivity index (χ1) is 8.29. The van der Waals surface area contributed by atoms with Crippen molar-refractivity contribution in [2.45, 2.75) is 13.2 Å². The molecule has 0 bridgehead atoms. The minimum Gasteiger partial charge on any atom is -0.370 e. The van der Waals surface area contributed by atoms with Crippen LogP contribution in [0.4, 0.5) is 0 Å². The number of fused-ring (bicyclic) bond motifs is 1. The zero-order valence-corrected chi connectivity index (χ0v) is 9.61. The van der Waals surface area contributed by atoms with E-state index in [0.29, 0.717) is 23.9 Å². The summed E-state index contributed by atoms with van der Waals surface area (Å²) in [6, 6.07) is 9.46. The van der Waals surface area contributed by atoms with E-state index in [0.717, 1.165) is 16.9 Å². The number of aromatic nitrogens is 2. The van der Waals surface area contributed by atoms with Crippen molar-refractivity contribution in [2.75, 3.05) is 0 Å². The van der Waals surface area contributed by atoms with E-state index < -0.39 is 0 Å². The van der Waals surface area contributed by atoms with E-state index in [4.69, 9.17) is 21.6 Å². The lowest BCUT2D eigenvalue weighted by Gasteiger charge is -2.04. The van der Waals surface area contributed by atoms with Gasteiger partial charge in [-0.25, -0.2) is 4.68 Å². The van der Waals surface area contributed by atoms with Crippen LogP contribution in [0.15, 0.2) is 24.3 Å². The summed E-state index contributed by atoms with van der Waals surface area (Å²) in [5.74, 6) is 0. The molecular weight excluding hydrogens is 238 g/mol. The molecular formula is C12H8ClN3O. The van der Waals surface area contributed by atoms with Crippen molar-refractivity contribution in [1.82, 2.24) is 9.78 Å². The van der Waals surface area contributed by atoms with Gasteiger partial charge in [0, 0.05) is 10.6 Å². The molecule has 1 aromatic heterocycles. The molecule has 0 radical (unpaired) electrons. The van der Waals surface area contributed by atoms with Crippen molar-refractivity contribution in [3.8, 4) is 11.8 Å². The van der Waals surface area contributed by atoms with Crippen LogP contribution in [0.3, 0.4) is 0 Å². The summed E-state index contributed by atoms with van der Waals surface area (Å²) in [5, 5.41) is 13.9. The molecule has 5 heteroatoms. The molecule has 0 fully saturated rings. The van der Waals surface area contributed by atoms with Gasteiger partial charge in [0.25, 0.3) is 0 Å². The molecule has 0 N–H and O–H groups in total. The van der Waals surface area contributed by atoms with Gasteiger partial charge in [0.15, 0.2) is 5.69 Å². The van der Waals surface area contributed by atoms with Crippen molar-refractivity contribution < 1.29 is 4.74 Å². The molecule has 0 unspecified atom stereocenters. The Morgan fingerprint density at radius 1 is 1.41 bits per heavy atom. The van der Waals surface area contributed by atoms with Gasteiger partial charge in [-0.15, -0.1) is 0 Å². The summed E-state index contributed by atoms with van der Waals surface area (Å²) in [5.41, 5.74) is 3.09. The second-order valence-electron chi connectivity index (χ2n) is 3.77. The Labute approximate surface area is 103 Å². The smallest absolute Gasteiger partial charge is 0.168 e. The number of ether oxygens (including phenoxy) is 1. The van der Waals surface area contributed by atoms with E-state index in [1.165, 1.54) is 0 Å². The summed E-state index contributed by atoms with van der Waals surface area (Å²) >= 11 is 5.95. The van der Waals surface area contributed by atoms with Gasteiger partial charge < -0.3 is 4.74 Å². The fourth-order valence-electron chi connectivity index (χ4n) is 1.95. The molecule has 0 spiro atoms. The molecule has 0 saturated carbocycles. The Morgan fingerprint density at radius 2 is 2.29 bits per heavy atom. The molecule has 0 aliphatic carbocycles. The van der Waals surface area contributed by atoms with Gasteiger partial charge in [0.2, 0.25) is 0 Å². The van der Waals surface area contributed by atoms with Crippen molar-refractivity contribution in [3.05, 3.63) is 46.2 Å². The number of halogens is 1. The molecule has 0 saturated heterocycles. The van der Waals surface area contributed by atoms with Crippen LogP contribution in [0.25, 0.3) is 5.69 Å². The molecule has 0 amide bonds. The van der Waals surface area contributed by atoms with Gasteiger partial charge >= 0.3 is 0 Å². The number of nitrogens with zero attached hydrogens (tertiary/aromatic N) is 3. The van der Waals surface area contributed by atoms with Crippen LogP contribution in [0.5, 0.6) is 0 Å². The third-order valence-electron chi connectivity index (χ3n) is 2.73. The van der Waals surface area contributed by atoms with E-state index in [1.807, 2.05) is 18.2 Å². The average Bonchev–Trinajstić information content (AvgIpc) is 2.89. The Balaban J connectivity index is 2.19. The van der Waals surface area contributed by atoms with E-state index in [-0.39, 0.29) is 0 Å². The van der Waals surface area contributed by atoms with E-state index in [1.54, 1.807) is 10.7 Å². The highest BCUT2D eigenvalue weighted by Crippen LogP contribution is 2.26. The standard InChI is InChI=1S/C12H8ClN3O/c13-8-2-1-3-9(4-8)16-12-7-17-6-10(12)11(5-14)15-16/h1-4H,6-7H2. The number of benzene rings is 1. The third kappa shape index (κ3) is 1.60. The largest absolute Gasteiger partial charge is 0.370 e. The molecule has 84 valence electrons. The minimum absolute atomic E-state index is 0.428. The molecule has 4 nitrogen and oxygen atoms in total. The van der Waals surface area contributed by atoms with Crippen LogP contribution in [0.1, 0.15) is 17.0 Å². The van der Waals surface area contributed by atoms with Gasteiger partial charge in [-0.2, -0.15) is 10.4 Å². The van der Waals surface area contributed by atoms with E-state index >= 15 is 0 Å². The predicted molar refractivity (Wildman–Crippen MR) is 61.8 cm³/mol. The maximum absolute atomic E-state index is 9.01.